The molecule has 0 unspecified atom stereocenters. The first-order valence-corrected chi connectivity index (χ1v) is 8.92. The molecule has 0 aromatic rings. The molecule has 0 saturated heterocycles. The Kier molecular flexibility index (Phi) is 7.03. The molecule has 0 aromatic carbocycles. The van der Waals surface area contributed by atoms with E-state index in [9.17, 15) is 9.59 Å². The maximum absolute atomic E-state index is 11.2. The molecule has 0 aliphatic rings. The highest BCUT2D eigenvalue weighted by atomic mass is 28.3. The second kappa shape index (κ2) is 7.45. The van der Waals surface area contributed by atoms with Crippen LogP contribution in [0.1, 0.15) is 12.8 Å². The summed E-state index contributed by atoms with van der Waals surface area (Å²) in [5, 5.41) is 2.38. The molecule has 1 amide bonds. The monoisotopic (exact) mass is 230 g/mol. The van der Waals surface area contributed by atoms with E-state index in [1.54, 1.807) is 6.41 Å². The van der Waals surface area contributed by atoms with Gasteiger partial charge in [-0.15, -0.1) is 0 Å². The number of esters is 1. The third-order valence-corrected chi connectivity index (χ3v) is 3.57. The number of carbonyl (C=O) groups is 1. The molecule has 0 aliphatic heterocycles. The van der Waals surface area contributed by atoms with Crippen LogP contribution in [-0.4, -0.2) is 33.6 Å². The van der Waals surface area contributed by atoms with Crippen LogP contribution in [0.5, 0.6) is 0 Å². The number of hydrogen-bond acceptors (Lipinski definition) is 3. The fourth-order valence-electron chi connectivity index (χ4n) is 0.915. The van der Waals surface area contributed by atoms with Crippen molar-refractivity contribution in [1.29, 1.82) is 0 Å². The van der Waals surface area contributed by atoms with E-state index >= 15 is 0 Å². The zero-order valence-corrected chi connectivity index (χ0v) is 10.8. The summed E-state index contributed by atoms with van der Waals surface area (Å²) in [6.07, 6.45) is 2.53. The summed E-state index contributed by atoms with van der Waals surface area (Å²) in [6, 6.07) is 0.999. The van der Waals surface area contributed by atoms with Crippen molar-refractivity contribution in [3.05, 3.63) is 0 Å². The first-order chi connectivity index (χ1) is 6.95. The van der Waals surface area contributed by atoms with Crippen LogP contribution in [-0.2, 0) is 14.3 Å². The van der Waals surface area contributed by atoms with Crippen molar-refractivity contribution in [3.8, 4) is 0 Å². The smallest absolute Gasteiger partial charge is 0.309 e. The fourth-order valence-corrected chi connectivity index (χ4v) is 1.63. The van der Waals surface area contributed by atoms with Gasteiger partial charge in [-0.1, -0.05) is 19.6 Å². The predicted molar refractivity (Wildman–Crippen MR) is 62.0 cm³/mol. The molecular formula is C10H20NO3Si. The minimum Gasteiger partial charge on any atom is -0.466 e. The molecule has 0 rings (SSSR count). The third-order valence-electron chi connectivity index (χ3n) is 1.87. The highest BCUT2D eigenvalue weighted by Gasteiger charge is 2.13. The van der Waals surface area contributed by atoms with Gasteiger partial charge in [-0.05, 0) is 12.5 Å². The number of ether oxygens (including phenoxy) is 1. The Bertz CT molecular complexity index is 201. The Hall–Kier alpha value is -0.843. The van der Waals surface area contributed by atoms with E-state index in [4.69, 9.17) is 4.74 Å². The zero-order valence-electron chi connectivity index (χ0n) is 9.76. The normalized spacial score (nSPS) is 10.9. The van der Waals surface area contributed by atoms with E-state index in [0.29, 0.717) is 26.0 Å². The summed E-state index contributed by atoms with van der Waals surface area (Å²) in [4.78, 5) is 20.9. The van der Waals surface area contributed by atoms with Gasteiger partial charge in [-0.3, -0.25) is 9.59 Å². The van der Waals surface area contributed by atoms with Crippen LogP contribution >= 0.6 is 0 Å². The van der Waals surface area contributed by atoms with Crippen LogP contribution in [0.4, 0.5) is 0 Å². The summed E-state index contributed by atoms with van der Waals surface area (Å²) in [6.45, 7) is 7.73. The maximum atomic E-state index is 11.2. The van der Waals surface area contributed by atoms with Crippen LogP contribution < -0.4 is 5.32 Å². The molecule has 0 saturated carbocycles. The van der Waals surface area contributed by atoms with Gasteiger partial charge < -0.3 is 10.1 Å². The Morgan fingerprint density at radius 1 is 1.40 bits per heavy atom. The van der Waals surface area contributed by atoms with E-state index < -0.39 is 8.07 Å². The number of carbonyl (C=O) groups excluding carboxylic acids is 2. The molecule has 0 bridgehead atoms. The van der Waals surface area contributed by atoms with Crippen molar-refractivity contribution >= 4 is 20.5 Å². The van der Waals surface area contributed by atoms with Gasteiger partial charge in [-0.25, -0.2) is 0 Å². The standard InChI is InChI=1S/C10H20NO3Si/c1-15(2,3)8-7-14-10(13)5-4-6-11-9-12/h4-8H2,1-3H3,(H,11,12). The molecule has 0 spiro atoms. The SMILES string of the molecule is C[Si](C)(C)CCOC(=O)CCCN[C]=O. The maximum Gasteiger partial charge on any atom is 0.309 e. The summed E-state index contributed by atoms with van der Waals surface area (Å²) in [5.41, 5.74) is 0. The molecule has 0 atom stereocenters. The van der Waals surface area contributed by atoms with E-state index in [2.05, 4.69) is 25.0 Å². The lowest BCUT2D eigenvalue weighted by Crippen LogP contribution is -2.23. The average molecular weight is 230 g/mol. The van der Waals surface area contributed by atoms with Crippen LogP contribution in [0.15, 0.2) is 0 Å². The Balaban J connectivity index is 3.37. The van der Waals surface area contributed by atoms with Crippen LogP contribution in [0.2, 0.25) is 25.7 Å². The number of amides is 1. The summed E-state index contributed by atoms with van der Waals surface area (Å²) in [5.74, 6) is -0.180. The summed E-state index contributed by atoms with van der Waals surface area (Å²) >= 11 is 0. The first kappa shape index (κ1) is 14.2. The number of rotatable bonds is 8. The summed E-state index contributed by atoms with van der Waals surface area (Å²) < 4.78 is 5.07. The Labute approximate surface area is 92.4 Å². The minimum atomic E-state index is -1.11. The van der Waals surface area contributed by atoms with E-state index in [0.717, 1.165) is 6.04 Å². The lowest BCUT2D eigenvalue weighted by molar-refractivity contribution is -0.143. The zero-order chi connectivity index (χ0) is 11.7. The van der Waals surface area contributed by atoms with Crippen LogP contribution in [0, 0.1) is 0 Å². The molecule has 0 heterocycles. The molecule has 15 heavy (non-hydrogen) atoms. The van der Waals surface area contributed by atoms with Gasteiger partial charge in [0, 0.05) is 21.0 Å². The van der Waals surface area contributed by atoms with Crippen LogP contribution in [0.25, 0.3) is 0 Å². The van der Waals surface area contributed by atoms with E-state index in [-0.39, 0.29) is 5.97 Å². The van der Waals surface area contributed by atoms with Gasteiger partial charge >= 0.3 is 12.4 Å². The van der Waals surface area contributed by atoms with E-state index in [1.165, 1.54) is 0 Å². The van der Waals surface area contributed by atoms with Gasteiger partial charge in [0.05, 0.1) is 6.61 Å². The van der Waals surface area contributed by atoms with Crippen molar-refractivity contribution in [2.24, 2.45) is 0 Å². The highest BCUT2D eigenvalue weighted by Crippen LogP contribution is 2.07. The van der Waals surface area contributed by atoms with Crippen molar-refractivity contribution in [2.75, 3.05) is 13.2 Å². The van der Waals surface area contributed by atoms with E-state index in [1.807, 2.05) is 0 Å². The molecule has 1 N–H and O–H groups in total. The highest BCUT2D eigenvalue weighted by molar-refractivity contribution is 6.76. The van der Waals surface area contributed by atoms with Crippen molar-refractivity contribution in [3.63, 3.8) is 0 Å². The topological polar surface area (TPSA) is 55.4 Å². The number of hydrogen-bond donors (Lipinski definition) is 1. The third kappa shape index (κ3) is 11.1. The fraction of sp³-hybridized carbons (Fsp3) is 0.800. The molecule has 0 aromatic heterocycles. The lowest BCUT2D eigenvalue weighted by atomic mass is 10.3. The first-order valence-electron chi connectivity index (χ1n) is 5.21. The van der Waals surface area contributed by atoms with Gasteiger partial charge in [0.1, 0.15) is 0 Å². The molecule has 0 fully saturated rings. The number of nitrogens with one attached hydrogen (secondary N) is 1. The predicted octanol–water partition coefficient (Wildman–Crippen LogP) is 1.30. The second-order valence-electron chi connectivity index (χ2n) is 4.66. The quantitative estimate of drug-likeness (QED) is 0.296. The lowest BCUT2D eigenvalue weighted by Gasteiger charge is -2.15. The summed E-state index contributed by atoms with van der Waals surface area (Å²) in [7, 11) is -1.11. The largest absolute Gasteiger partial charge is 0.466 e. The Morgan fingerprint density at radius 2 is 2.07 bits per heavy atom. The molecule has 4 nitrogen and oxygen atoms in total. The van der Waals surface area contributed by atoms with Gasteiger partial charge in [-0.2, -0.15) is 0 Å². The molecule has 87 valence electrons. The van der Waals surface area contributed by atoms with Gasteiger partial charge in [0.25, 0.3) is 0 Å². The minimum absolute atomic E-state index is 0.180. The van der Waals surface area contributed by atoms with Crippen LogP contribution in [0.3, 0.4) is 0 Å². The second-order valence-corrected chi connectivity index (χ2v) is 10.3. The molecule has 1 radical (unpaired) electrons. The molecule has 0 aliphatic carbocycles. The molecule has 5 heteroatoms. The Morgan fingerprint density at radius 3 is 2.60 bits per heavy atom. The average Bonchev–Trinajstić information content (AvgIpc) is 2.10. The van der Waals surface area contributed by atoms with Crippen molar-refractivity contribution < 1.29 is 14.3 Å². The van der Waals surface area contributed by atoms with Crippen molar-refractivity contribution in [2.45, 2.75) is 38.5 Å². The molecular weight excluding hydrogens is 210 g/mol. The van der Waals surface area contributed by atoms with Gasteiger partial charge in [0.15, 0.2) is 0 Å². The van der Waals surface area contributed by atoms with Gasteiger partial charge in [0.2, 0.25) is 0 Å². The van der Waals surface area contributed by atoms with Crippen molar-refractivity contribution in [1.82, 2.24) is 5.32 Å².